The van der Waals surface area contributed by atoms with Crippen molar-refractivity contribution in [3.63, 3.8) is 0 Å². The van der Waals surface area contributed by atoms with Gasteiger partial charge in [0, 0.05) is 38.0 Å². The fourth-order valence-corrected chi connectivity index (χ4v) is 2.96. The molecule has 0 atom stereocenters. The van der Waals surface area contributed by atoms with Crippen LogP contribution in [0.4, 0.5) is 0 Å². The number of benzene rings is 1. The lowest BCUT2D eigenvalue weighted by Crippen LogP contribution is -2.46. The molecule has 0 spiro atoms. The molecule has 21 heavy (non-hydrogen) atoms. The number of hydrogen-bond acceptors (Lipinski definition) is 4. The molecule has 112 valence electrons. The minimum atomic E-state index is -0.797. The van der Waals surface area contributed by atoms with E-state index in [-0.39, 0.29) is 5.78 Å². The monoisotopic (exact) mass is 288 g/mol. The predicted octanol–water partition coefficient (Wildman–Crippen LogP) is 3.51. The van der Waals surface area contributed by atoms with Gasteiger partial charge < -0.3 is 13.9 Å². The lowest BCUT2D eigenvalue weighted by atomic mass is 9.88. The van der Waals surface area contributed by atoms with Gasteiger partial charge in [-0.1, -0.05) is 18.2 Å². The van der Waals surface area contributed by atoms with Crippen LogP contribution in [-0.2, 0) is 9.47 Å². The molecule has 4 nitrogen and oxygen atoms in total. The summed E-state index contributed by atoms with van der Waals surface area (Å²) in [5.74, 6) is 0.318. The van der Waals surface area contributed by atoms with E-state index in [2.05, 4.69) is 0 Å². The molecule has 3 rings (SSSR count). The average molecular weight is 288 g/mol. The van der Waals surface area contributed by atoms with Crippen molar-refractivity contribution in [1.29, 1.82) is 0 Å². The quantitative estimate of drug-likeness (QED) is 0.808. The van der Waals surface area contributed by atoms with E-state index < -0.39 is 5.60 Å². The zero-order valence-corrected chi connectivity index (χ0v) is 12.5. The van der Waals surface area contributed by atoms with Crippen LogP contribution >= 0.6 is 0 Å². The van der Waals surface area contributed by atoms with Crippen molar-refractivity contribution in [2.24, 2.45) is 0 Å². The van der Waals surface area contributed by atoms with Crippen LogP contribution in [0.3, 0.4) is 0 Å². The summed E-state index contributed by atoms with van der Waals surface area (Å²) in [5.41, 5.74) is 1.01. The molecule has 1 aliphatic rings. The van der Waals surface area contributed by atoms with E-state index in [0.29, 0.717) is 38.4 Å². The molecular formula is C17H20O4. The van der Waals surface area contributed by atoms with E-state index in [9.17, 15) is 4.79 Å². The Kier molecular flexibility index (Phi) is 3.83. The molecule has 0 amide bonds. The summed E-state index contributed by atoms with van der Waals surface area (Å²) in [6.07, 6.45) is 1.16. The Morgan fingerprint density at radius 3 is 2.76 bits per heavy atom. The van der Waals surface area contributed by atoms with Gasteiger partial charge in [-0.15, -0.1) is 0 Å². The van der Waals surface area contributed by atoms with Gasteiger partial charge in [0.05, 0.1) is 0 Å². The molecular weight excluding hydrogens is 268 g/mol. The minimum Gasteiger partial charge on any atom is -0.453 e. The van der Waals surface area contributed by atoms with Crippen molar-refractivity contribution in [2.45, 2.75) is 32.3 Å². The molecule has 1 aliphatic heterocycles. The molecule has 0 saturated carbocycles. The van der Waals surface area contributed by atoms with Gasteiger partial charge in [0.25, 0.3) is 0 Å². The Balaban J connectivity index is 1.99. The number of aryl methyl sites for hydroxylation is 1. The predicted molar refractivity (Wildman–Crippen MR) is 79.7 cm³/mol. The molecule has 1 fully saturated rings. The van der Waals surface area contributed by atoms with Crippen LogP contribution in [0, 0.1) is 6.92 Å². The van der Waals surface area contributed by atoms with Crippen LogP contribution in [-0.4, -0.2) is 31.2 Å². The second-order valence-electron chi connectivity index (χ2n) is 5.47. The molecule has 1 saturated heterocycles. The Labute approximate surface area is 124 Å². The highest BCUT2D eigenvalue weighted by atomic mass is 16.5. The Bertz CT molecular complexity index is 644. The normalized spacial score (nSPS) is 18.0. The van der Waals surface area contributed by atoms with Gasteiger partial charge in [0.15, 0.2) is 5.76 Å². The number of ketones is 1. The summed E-state index contributed by atoms with van der Waals surface area (Å²) in [7, 11) is 0. The Morgan fingerprint density at radius 2 is 2.10 bits per heavy atom. The highest BCUT2D eigenvalue weighted by Crippen LogP contribution is 2.32. The molecule has 0 aliphatic carbocycles. The largest absolute Gasteiger partial charge is 0.453 e. The summed E-state index contributed by atoms with van der Waals surface area (Å²) in [4.78, 5) is 12.9. The highest BCUT2D eigenvalue weighted by molar-refractivity contribution is 6.03. The molecule has 0 bridgehead atoms. The number of rotatable bonds is 4. The van der Waals surface area contributed by atoms with Gasteiger partial charge in [-0.05, 0) is 25.5 Å². The fraction of sp³-hybridized carbons (Fsp3) is 0.471. The van der Waals surface area contributed by atoms with Crippen LogP contribution in [0.15, 0.2) is 28.7 Å². The fourth-order valence-electron chi connectivity index (χ4n) is 2.96. The smallest absolute Gasteiger partial charge is 0.229 e. The minimum absolute atomic E-state index is 0.0664. The summed E-state index contributed by atoms with van der Waals surface area (Å²) in [6.45, 7) is 5.49. The van der Waals surface area contributed by atoms with Crippen molar-refractivity contribution < 1.29 is 18.7 Å². The number of para-hydroxylation sites is 1. The third-order valence-corrected chi connectivity index (χ3v) is 4.10. The summed E-state index contributed by atoms with van der Waals surface area (Å²) < 4.78 is 17.0. The maximum Gasteiger partial charge on any atom is 0.229 e. The molecule has 4 heteroatoms. The lowest BCUT2D eigenvalue weighted by Gasteiger charge is -2.34. The van der Waals surface area contributed by atoms with Gasteiger partial charge in [-0.25, -0.2) is 0 Å². The van der Waals surface area contributed by atoms with E-state index >= 15 is 0 Å². The standard InChI is InChI=1S/C17H20O4/c1-3-20-17(7-9-19-10-8-17)16(18)14-11-13-6-4-5-12(2)15(13)21-14/h4-6,11H,3,7-10H2,1-2H3. The first kappa shape index (κ1) is 14.3. The first-order chi connectivity index (χ1) is 10.2. The zero-order valence-electron chi connectivity index (χ0n) is 12.5. The van der Waals surface area contributed by atoms with Crippen molar-refractivity contribution in [2.75, 3.05) is 19.8 Å². The van der Waals surface area contributed by atoms with Crippen molar-refractivity contribution in [3.05, 3.63) is 35.6 Å². The molecule has 0 N–H and O–H groups in total. The molecule has 0 unspecified atom stereocenters. The maximum atomic E-state index is 12.9. The number of fused-ring (bicyclic) bond motifs is 1. The maximum absolute atomic E-state index is 12.9. The third kappa shape index (κ3) is 2.49. The number of ether oxygens (including phenoxy) is 2. The second-order valence-corrected chi connectivity index (χ2v) is 5.47. The number of carbonyl (C=O) groups excluding carboxylic acids is 1. The van der Waals surface area contributed by atoms with Crippen molar-refractivity contribution in [1.82, 2.24) is 0 Å². The van der Waals surface area contributed by atoms with Crippen LogP contribution < -0.4 is 0 Å². The number of carbonyl (C=O) groups is 1. The molecule has 2 aromatic rings. The van der Waals surface area contributed by atoms with Crippen LogP contribution in [0.5, 0.6) is 0 Å². The topological polar surface area (TPSA) is 48.7 Å². The van der Waals surface area contributed by atoms with E-state index in [1.165, 1.54) is 0 Å². The second kappa shape index (κ2) is 5.62. The number of furan rings is 1. The van der Waals surface area contributed by atoms with Gasteiger partial charge in [-0.2, -0.15) is 0 Å². The van der Waals surface area contributed by atoms with E-state index in [1.54, 1.807) is 0 Å². The van der Waals surface area contributed by atoms with Crippen molar-refractivity contribution >= 4 is 16.8 Å². The van der Waals surface area contributed by atoms with Crippen molar-refractivity contribution in [3.8, 4) is 0 Å². The molecule has 0 radical (unpaired) electrons. The molecule has 1 aromatic heterocycles. The highest BCUT2D eigenvalue weighted by Gasteiger charge is 2.42. The van der Waals surface area contributed by atoms with E-state index in [4.69, 9.17) is 13.9 Å². The average Bonchev–Trinajstić information content (AvgIpc) is 2.93. The van der Waals surface area contributed by atoms with E-state index in [0.717, 1.165) is 16.5 Å². The number of hydrogen-bond donors (Lipinski definition) is 0. The summed E-state index contributed by atoms with van der Waals surface area (Å²) >= 11 is 0. The van der Waals surface area contributed by atoms with Gasteiger partial charge in [-0.3, -0.25) is 4.79 Å². The van der Waals surface area contributed by atoms with Crippen LogP contribution in [0.25, 0.3) is 11.0 Å². The van der Waals surface area contributed by atoms with Gasteiger partial charge >= 0.3 is 0 Å². The Morgan fingerprint density at radius 1 is 1.33 bits per heavy atom. The molecule has 2 heterocycles. The summed E-state index contributed by atoms with van der Waals surface area (Å²) in [5, 5.41) is 0.956. The van der Waals surface area contributed by atoms with E-state index in [1.807, 2.05) is 38.1 Å². The summed E-state index contributed by atoms with van der Waals surface area (Å²) in [6, 6.07) is 7.72. The lowest BCUT2D eigenvalue weighted by molar-refractivity contribution is -0.0831. The van der Waals surface area contributed by atoms with Gasteiger partial charge in [0.1, 0.15) is 11.2 Å². The van der Waals surface area contributed by atoms with Gasteiger partial charge in [0.2, 0.25) is 5.78 Å². The first-order valence-corrected chi connectivity index (χ1v) is 7.42. The third-order valence-electron chi connectivity index (χ3n) is 4.10. The SMILES string of the molecule is CCOC1(C(=O)c2cc3cccc(C)c3o2)CCOCC1. The van der Waals surface area contributed by atoms with Crippen LogP contribution in [0.1, 0.15) is 35.9 Å². The zero-order chi connectivity index (χ0) is 14.9. The van der Waals surface area contributed by atoms with Crippen LogP contribution in [0.2, 0.25) is 0 Å². The number of Topliss-reactive ketones (excluding diaryl/α,β-unsaturated/α-hetero) is 1. The Hall–Kier alpha value is -1.65. The first-order valence-electron chi connectivity index (χ1n) is 7.42. The molecule has 1 aromatic carbocycles.